The summed E-state index contributed by atoms with van der Waals surface area (Å²) >= 11 is 0. The second-order valence-electron chi connectivity index (χ2n) is 12.4. The zero-order valence-corrected chi connectivity index (χ0v) is 23.9. The molecule has 3 heterocycles. The van der Waals surface area contributed by atoms with Crippen molar-refractivity contribution in [2.75, 3.05) is 13.1 Å². The van der Waals surface area contributed by atoms with Crippen molar-refractivity contribution in [3.63, 3.8) is 0 Å². The molecule has 6 rings (SSSR count). The van der Waals surface area contributed by atoms with Gasteiger partial charge in [0.2, 0.25) is 5.91 Å². The molecule has 1 aromatic heterocycles. The van der Waals surface area contributed by atoms with E-state index in [2.05, 4.69) is 29.4 Å². The van der Waals surface area contributed by atoms with Crippen molar-refractivity contribution in [2.24, 2.45) is 11.3 Å². The summed E-state index contributed by atoms with van der Waals surface area (Å²) < 4.78 is 0. The van der Waals surface area contributed by atoms with E-state index in [0.29, 0.717) is 24.3 Å². The van der Waals surface area contributed by atoms with Gasteiger partial charge in [0.05, 0.1) is 12.1 Å². The molecule has 3 amide bonds. The number of nitrogens with one attached hydrogen (secondary N) is 2. The molecule has 2 N–H and O–H groups in total. The Bertz CT molecular complexity index is 1570. The molecule has 0 saturated carbocycles. The SMILES string of the molecule is C[C@@H]1[C@H]2CN(C(=O)[C@@H](NC(=O)c3cc4ccccc4[nH]3)C(C)(C)C)[C@@H]1CN2C(=O)c1ccc(-c2ccccc2)cc1. The fraction of sp³-hybridized carbons (Fsp3) is 0.324. The molecule has 3 aromatic carbocycles. The number of fused-ring (bicyclic) bond motifs is 3. The van der Waals surface area contributed by atoms with Crippen LogP contribution in [0.1, 0.15) is 48.5 Å². The van der Waals surface area contributed by atoms with Crippen LogP contribution in [0.15, 0.2) is 84.9 Å². The van der Waals surface area contributed by atoms with Crippen molar-refractivity contribution in [3.05, 3.63) is 96.2 Å². The fourth-order valence-corrected chi connectivity index (χ4v) is 6.34. The minimum atomic E-state index is -0.706. The number of carbonyl (C=O) groups excluding carboxylic acids is 3. The summed E-state index contributed by atoms with van der Waals surface area (Å²) in [5.41, 5.74) is 3.64. The summed E-state index contributed by atoms with van der Waals surface area (Å²) in [5, 5.41) is 3.97. The number of piperazine rings is 1. The average Bonchev–Trinajstić information content (AvgIpc) is 3.65. The molecule has 0 unspecified atom stereocenters. The number of likely N-dealkylation sites (tertiary alicyclic amines) is 2. The molecule has 2 aliphatic heterocycles. The van der Waals surface area contributed by atoms with Gasteiger partial charge in [-0.2, -0.15) is 0 Å². The van der Waals surface area contributed by atoms with E-state index >= 15 is 0 Å². The molecule has 2 saturated heterocycles. The summed E-state index contributed by atoms with van der Waals surface area (Å²) in [6.45, 7) is 8.97. The number of aromatic amines is 1. The maximum atomic E-state index is 14.0. The smallest absolute Gasteiger partial charge is 0.268 e. The Morgan fingerprint density at radius 3 is 2.07 bits per heavy atom. The van der Waals surface area contributed by atoms with Gasteiger partial charge in [0, 0.05) is 35.5 Å². The number of hydrogen-bond donors (Lipinski definition) is 2. The number of hydrogen-bond acceptors (Lipinski definition) is 3. The van der Waals surface area contributed by atoms with Crippen molar-refractivity contribution < 1.29 is 14.4 Å². The van der Waals surface area contributed by atoms with Crippen LogP contribution >= 0.6 is 0 Å². The summed E-state index contributed by atoms with van der Waals surface area (Å²) in [6, 6.07) is 26.5. The topological polar surface area (TPSA) is 85.5 Å². The molecular formula is C34H36N4O3. The lowest BCUT2D eigenvalue weighted by molar-refractivity contribution is -0.138. The van der Waals surface area contributed by atoms with Crippen LogP contribution in [0.25, 0.3) is 22.0 Å². The Balaban J connectivity index is 1.16. The molecule has 4 atom stereocenters. The van der Waals surface area contributed by atoms with Gasteiger partial charge in [-0.05, 0) is 40.8 Å². The van der Waals surface area contributed by atoms with Crippen LogP contribution in [0, 0.1) is 11.3 Å². The van der Waals surface area contributed by atoms with E-state index in [0.717, 1.165) is 22.0 Å². The van der Waals surface area contributed by atoms with Crippen LogP contribution in [0.2, 0.25) is 0 Å². The zero-order valence-electron chi connectivity index (χ0n) is 23.9. The van der Waals surface area contributed by atoms with Crippen LogP contribution < -0.4 is 5.32 Å². The van der Waals surface area contributed by atoms with Gasteiger partial charge in [0.15, 0.2) is 0 Å². The minimum Gasteiger partial charge on any atom is -0.351 e. The lowest BCUT2D eigenvalue weighted by Gasteiger charge is -2.39. The van der Waals surface area contributed by atoms with Crippen LogP contribution in [0.4, 0.5) is 0 Å². The molecule has 2 bridgehead atoms. The second kappa shape index (κ2) is 10.2. The van der Waals surface area contributed by atoms with E-state index in [4.69, 9.17) is 0 Å². The number of rotatable bonds is 5. The van der Waals surface area contributed by atoms with Gasteiger partial charge in [-0.15, -0.1) is 0 Å². The Kier molecular flexibility index (Phi) is 6.68. The predicted molar refractivity (Wildman–Crippen MR) is 160 cm³/mol. The van der Waals surface area contributed by atoms with Gasteiger partial charge in [0.1, 0.15) is 11.7 Å². The molecule has 41 heavy (non-hydrogen) atoms. The Hall–Kier alpha value is -4.39. The van der Waals surface area contributed by atoms with Crippen LogP contribution in [-0.4, -0.2) is 63.7 Å². The van der Waals surface area contributed by atoms with Crippen LogP contribution in [0.3, 0.4) is 0 Å². The molecule has 4 aromatic rings. The Morgan fingerprint density at radius 2 is 1.44 bits per heavy atom. The standard InChI is InChI=1S/C34H36N4O3/c1-21-28-20-38(29(21)19-37(28)32(40)24-16-14-23(15-17-24)22-10-6-5-7-11-22)33(41)30(34(2,3)4)36-31(39)27-18-25-12-8-9-13-26(25)35-27/h5-18,21,28-30,35H,19-20H2,1-4H3,(H,36,39)/t21-,28-,29-,30-/m1/s1. The zero-order chi connectivity index (χ0) is 28.9. The van der Waals surface area contributed by atoms with Crippen LogP contribution in [0.5, 0.6) is 0 Å². The molecule has 7 nitrogen and oxygen atoms in total. The first-order chi connectivity index (χ1) is 19.6. The molecule has 0 spiro atoms. The number of H-pyrrole nitrogens is 1. The third kappa shape index (κ3) is 4.90. The van der Waals surface area contributed by atoms with Crippen molar-refractivity contribution >= 4 is 28.6 Å². The van der Waals surface area contributed by atoms with Crippen molar-refractivity contribution in [1.29, 1.82) is 0 Å². The highest BCUT2D eigenvalue weighted by molar-refractivity contribution is 6.00. The van der Waals surface area contributed by atoms with Crippen molar-refractivity contribution in [3.8, 4) is 11.1 Å². The molecule has 7 heteroatoms. The number of benzene rings is 3. The monoisotopic (exact) mass is 548 g/mol. The summed E-state index contributed by atoms with van der Waals surface area (Å²) in [4.78, 5) is 47.8. The number of amides is 3. The quantitative estimate of drug-likeness (QED) is 0.353. The summed E-state index contributed by atoms with van der Waals surface area (Å²) in [7, 11) is 0. The van der Waals surface area contributed by atoms with E-state index in [9.17, 15) is 14.4 Å². The molecule has 0 aliphatic carbocycles. The second-order valence-corrected chi connectivity index (χ2v) is 12.4. The first kappa shape index (κ1) is 26.8. The minimum absolute atomic E-state index is 0.00412. The van der Waals surface area contributed by atoms with E-state index in [-0.39, 0.29) is 35.7 Å². The normalized spacial score (nSPS) is 20.8. The molecule has 2 fully saturated rings. The summed E-state index contributed by atoms with van der Waals surface area (Å²) in [6.07, 6.45) is 0. The number of nitrogens with zero attached hydrogens (tertiary/aromatic N) is 2. The molecule has 0 radical (unpaired) electrons. The maximum absolute atomic E-state index is 14.0. The fourth-order valence-electron chi connectivity index (χ4n) is 6.34. The Labute approximate surface area is 240 Å². The van der Waals surface area contributed by atoms with Gasteiger partial charge in [-0.1, -0.05) is 88.4 Å². The van der Waals surface area contributed by atoms with Gasteiger partial charge in [0.25, 0.3) is 11.8 Å². The van der Waals surface area contributed by atoms with Gasteiger partial charge in [-0.3, -0.25) is 14.4 Å². The van der Waals surface area contributed by atoms with Crippen LogP contribution in [-0.2, 0) is 4.79 Å². The van der Waals surface area contributed by atoms with Gasteiger partial charge in [-0.25, -0.2) is 0 Å². The summed E-state index contributed by atoms with van der Waals surface area (Å²) in [5.74, 6) is -0.254. The first-order valence-corrected chi connectivity index (χ1v) is 14.3. The molecule has 210 valence electrons. The third-order valence-corrected chi connectivity index (χ3v) is 8.73. The lowest BCUT2D eigenvalue weighted by atomic mass is 9.85. The molecular weight excluding hydrogens is 512 g/mol. The van der Waals surface area contributed by atoms with E-state index in [1.807, 2.05) is 103 Å². The lowest BCUT2D eigenvalue weighted by Crippen LogP contribution is -2.59. The van der Waals surface area contributed by atoms with Crippen molar-refractivity contribution in [1.82, 2.24) is 20.1 Å². The predicted octanol–water partition coefficient (Wildman–Crippen LogP) is 5.35. The van der Waals surface area contributed by atoms with Gasteiger partial charge < -0.3 is 20.1 Å². The number of carbonyl (C=O) groups is 3. The largest absolute Gasteiger partial charge is 0.351 e. The maximum Gasteiger partial charge on any atom is 0.268 e. The van der Waals surface area contributed by atoms with E-state index < -0.39 is 11.5 Å². The number of aromatic nitrogens is 1. The molecule has 2 aliphatic rings. The van der Waals surface area contributed by atoms with E-state index in [1.165, 1.54) is 0 Å². The number of para-hydroxylation sites is 1. The highest BCUT2D eigenvalue weighted by atomic mass is 16.2. The first-order valence-electron chi connectivity index (χ1n) is 14.3. The van der Waals surface area contributed by atoms with E-state index in [1.54, 1.807) is 0 Å². The third-order valence-electron chi connectivity index (χ3n) is 8.73. The van der Waals surface area contributed by atoms with Crippen molar-refractivity contribution in [2.45, 2.75) is 45.8 Å². The highest BCUT2D eigenvalue weighted by Crippen LogP contribution is 2.38. The highest BCUT2D eigenvalue weighted by Gasteiger charge is 2.54. The van der Waals surface area contributed by atoms with Gasteiger partial charge >= 0.3 is 0 Å². The average molecular weight is 549 g/mol. The Morgan fingerprint density at radius 1 is 0.829 bits per heavy atom.